The van der Waals surface area contributed by atoms with Crippen LogP contribution in [0.3, 0.4) is 0 Å². The summed E-state index contributed by atoms with van der Waals surface area (Å²) in [7, 11) is 0. The molecular formula is C17H10F3NO4. The first-order chi connectivity index (χ1) is 11.8. The molecule has 2 amide bonds. The number of halogens is 3. The SMILES string of the molecule is O=C(Cc1ccc(C(F)(F)F)cc1)ON1C(=O)c2ccccc2C1=O. The number of hydrogen-bond acceptors (Lipinski definition) is 4. The first-order valence-electron chi connectivity index (χ1n) is 7.12. The zero-order valence-corrected chi connectivity index (χ0v) is 12.5. The third-order valence-electron chi connectivity index (χ3n) is 3.58. The number of carbonyl (C=O) groups is 3. The molecule has 0 atom stereocenters. The quantitative estimate of drug-likeness (QED) is 0.799. The Morgan fingerprint density at radius 3 is 1.92 bits per heavy atom. The highest BCUT2D eigenvalue weighted by Gasteiger charge is 2.38. The number of hydrogen-bond donors (Lipinski definition) is 0. The number of imide groups is 1. The number of nitrogens with zero attached hydrogens (tertiary/aromatic N) is 1. The number of alkyl halides is 3. The molecule has 128 valence electrons. The van der Waals surface area contributed by atoms with Gasteiger partial charge >= 0.3 is 12.1 Å². The minimum Gasteiger partial charge on any atom is -0.329 e. The molecule has 1 aliphatic rings. The topological polar surface area (TPSA) is 63.7 Å². The van der Waals surface area contributed by atoms with E-state index in [1.165, 1.54) is 12.1 Å². The molecule has 0 saturated carbocycles. The van der Waals surface area contributed by atoms with E-state index in [0.29, 0.717) is 5.06 Å². The monoisotopic (exact) mass is 349 g/mol. The average molecular weight is 349 g/mol. The maximum Gasteiger partial charge on any atom is 0.416 e. The standard InChI is InChI=1S/C17H10F3NO4/c18-17(19,20)11-7-5-10(6-8-11)9-14(22)25-21-15(23)12-3-1-2-4-13(12)16(21)24/h1-8H,9H2. The average Bonchev–Trinajstić information content (AvgIpc) is 2.80. The molecule has 0 saturated heterocycles. The van der Waals surface area contributed by atoms with Crippen LogP contribution in [0.4, 0.5) is 13.2 Å². The molecule has 1 aliphatic heterocycles. The number of amides is 2. The van der Waals surface area contributed by atoms with Crippen molar-refractivity contribution in [3.05, 3.63) is 70.8 Å². The van der Waals surface area contributed by atoms with E-state index in [-0.39, 0.29) is 23.1 Å². The molecule has 25 heavy (non-hydrogen) atoms. The van der Waals surface area contributed by atoms with Crippen LogP contribution in [0.1, 0.15) is 31.8 Å². The molecule has 3 rings (SSSR count). The predicted octanol–water partition coefficient (Wildman–Crippen LogP) is 3.00. The predicted molar refractivity (Wildman–Crippen MR) is 78.2 cm³/mol. The van der Waals surface area contributed by atoms with E-state index in [9.17, 15) is 27.6 Å². The fourth-order valence-corrected chi connectivity index (χ4v) is 2.36. The van der Waals surface area contributed by atoms with Crippen molar-refractivity contribution >= 4 is 17.8 Å². The lowest BCUT2D eigenvalue weighted by Gasteiger charge is -2.13. The van der Waals surface area contributed by atoms with E-state index in [1.807, 2.05) is 0 Å². The lowest BCUT2D eigenvalue weighted by molar-refractivity contribution is -0.167. The summed E-state index contributed by atoms with van der Waals surface area (Å²) in [4.78, 5) is 40.8. The van der Waals surface area contributed by atoms with Crippen molar-refractivity contribution in [2.75, 3.05) is 0 Å². The van der Waals surface area contributed by atoms with E-state index < -0.39 is 29.5 Å². The molecule has 0 spiro atoms. The van der Waals surface area contributed by atoms with Crippen LogP contribution in [-0.4, -0.2) is 22.8 Å². The van der Waals surface area contributed by atoms with Gasteiger partial charge in [0.15, 0.2) is 0 Å². The molecule has 1 heterocycles. The summed E-state index contributed by atoms with van der Waals surface area (Å²) in [6.07, 6.45) is -4.86. The third kappa shape index (κ3) is 3.23. The number of benzene rings is 2. The van der Waals surface area contributed by atoms with Gasteiger partial charge in [0.2, 0.25) is 0 Å². The highest BCUT2D eigenvalue weighted by Crippen LogP contribution is 2.29. The Morgan fingerprint density at radius 2 is 1.44 bits per heavy atom. The van der Waals surface area contributed by atoms with Gasteiger partial charge in [-0.2, -0.15) is 13.2 Å². The molecule has 0 N–H and O–H groups in total. The van der Waals surface area contributed by atoms with Crippen molar-refractivity contribution in [2.45, 2.75) is 12.6 Å². The largest absolute Gasteiger partial charge is 0.416 e. The maximum atomic E-state index is 12.5. The zero-order valence-electron chi connectivity index (χ0n) is 12.5. The van der Waals surface area contributed by atoms with Crippen molar-refractivity contribution in [1.29, 1.82) is 0 Å². The van der Waals surface area contributed by atoms with Crippen molar-refractivity contribution in [3.8, 4) is 0 Å². The Balaban J connectivity index is 1.68. The summed E-state index contributed by atoms with van der Waals surface area (Å²) in [6, 6.07) is 9.93. The summed E-state index contributed by atoms with van der Waals surface area (Å²) in [6.45, 7) is 0. The first kappa shape index (κ1) is 16.7. The van der Waals surface area contributed by atoms with Crippen LogP contribution in [0.2, 0.25) is 0 Å². The van der Waals surface area contributed by atoms with Gasteiger partial charge in [-0.1, -0.05) is 29.3 Å². The normalized spacial score (nSPS) is 13.8. The van der Waals surface area contributed by atoms with E-state index in [2.05, 4.69) is 0 Å². The molecule has 2 aromatic carbocycles. The second kappa shape index (κ2) is 6.04. The molecule has 5 nitrogen and oxygen atoms in total. The van der Waals surface area contributed by atoms with Crippen LogP contribution in [0.25, 0.3) is 0 Å². The van der Waals surface area contributed by atoms with Crippen LogP contribution < -0.4 is 0 Å². The summed E-state index contributed by atoms with van der Waals surface area (Å²) in [5.41, 5.74) is -0.343. The Morgan fingerprint density at radius 1 is 0.920 bits per heavy atom. The first-order valence-corrected chi connectivity index (χ1v) is 7.12. The van der Waals surface area contributed by atoms with Gasteiger partial charge in [0.25, 0.3) is 11.8 Å². The summed E-state index contributed by atoms with van der Waals surface area (Å²) < 4.78 is 37.5. The van der Waals surface area contributed by atoms with Gasteiger partial charge < -0.3 is 4.84 Å². The van der Waals surface area contributed by atoms with E-state index in [4.69, 9.17) is 4.84 Å². The van der Waals surface area contributed by atoms with Gasteiger partial charge in [-0.3, -0.25) is 9.59 Å². The van der Waals surface area contributed by atoms with Gasteiger partial charge in [-0.25, -0.2) is 4.79 Å². The zero-order chi connectivity index (χ0) is 18.2. The van der Waals surface area contributed by atoms with Crippen molar-refractivity contribution in [2.24, 2.45) is 0 Å². The van der Waals surface area contributed by atoms with E-state index in [1.54, 1.807) is 12.1 Å². The molecule has 0 aliphatic carbocycles. The molecular weight excluding hydrogens is 339 g/mol. The maximum absolute atomic E-state index is 12.5. The smallest absolute Gasteiger partial charge is 0.329 e. The molecule has 2 aromatic rings. The van der Waals surface area contributed by atoms with Gasteiger partial charge in [0.1, 0.15) is 0 Å². The second-order valence-electron chi connectivity index (χ2n) is 5.29. The Labute approximate surface area is 139 Å². The molecule has 0 fully saturated rings. The number of carbonyl (C=O) groups excluding carboxylic acids is 3. The Kier molecular flexibility index (Phi) is 4.03. The van der Waals surface area contributed by atoms with E-state index in [0.717, 1.165) is 24.3 Å². The Bertz CT molecular complexity index is 824. The van der Waals surface area contributed by atoms with Crippen LogP contribution in [-0.2, 0) is 22.2 Å². The molecule has 8 heteroatoms. The van der Waals surface area contributed by atoms with Crippen LogP contribution in [0.15, 0.2) is 48.5 Å². The van der Waals surface area contributed by atoms with Crippen LogP contribution in [0, 0.1) is 0 Å². The molecule has 0 aromatic heterocycles. The lowest BCUT2D eigenvalue weighted by Crippen LogP contribution is -2.33. The van der Waals surface area contributed by atoms with Crippen LogP contribution >= 0.6 is 0 Å². The third-order valence-corrected chi connectivity index (χ3v) is 3.58. The Hall–Kier alpha value is -3.16. The van der Waals surface area contributed by atoms with Gasteiger partial charge in [-0.15, -0.1) is 0 Å². The number of fused-ring (bicyclic) bond motifs is 1. The highest BCUT2D eigenvalue weighted by molar-refractivity contribution is 6.20. The van der Waals surface area contributed by atoms with Crippen LogP contribution in [0.5, 0.6) is 0 Å². The lowest BCUT2D eigenvalue weighted by atomic mass is 10.1. The second-order valence-corrected chi connectivity index (χ2v) is 5.29. The van der Waals surface area contributed by atoms with Crippen molar-refractivity contribution in [1.82, 2.24) is 5.06 Å². The summed E-state index contributed by atoms with van der Waals surface area (Å²) >= 11 is 0. The summed E-state index contributed by atoms with van der Waals surface area (Å²) in [5.74, 6) is -2.46. The number of hydroxylamine groups is 2. The molecule has 0 bridgehead atoms. The minimum absolute atomic E-state index is 0.120. The molecule has 0 radical (unpaired) electrons. The van der Waals surface area contributed by atoms with Crippen molar-refractivity contribution in [3.63, 3.8) is 0 Å². The van der Waals surface area contributed by atoms with Gasteiger partial charge in [0, 0.05) is 0 Å². The fourth-order valence-electron chi connectivity index (χ4n) is 2.36. The minimum atomic E-state index is -4.47. The van der Waals surface area contributed by atoms with E-state index >= 15 is 0 Å². The van der Waals surface area contributed by atoms with Gasteiger partial charge in [-0.05, 0) is 29.8 Å². The van der Waals surface area contributed by atoms with Crippen molar-refractivity contribution < 1.29 is 32.4 Å². The summed E-state index contributed by atoms with van der Waals surface area (Å²) in [5, 5.41) is 0.358. The number of rotatable bonds is 3. The fraction of sp³-hybridized carbons (Fsp3) is 0.118. The van der Waals surface area contributed by atoms with Gasteiger partial charge in [0.05, 0.1) is 23.1 Å². The molecule has 0 unspecified atom stereocenters. The highest BCUT2D eigenvalue weighted by atomic mass is 19.4.